The number of esters is 1. The molecule has 1 N–H and O–H groups in total. The maximum absolute atomic E-state index is 13.1. The molecule has 4 aromatic carbocycles. The maximum atomic E-state index is 13.1. The molecule has 0 spiro atoms. The molecule has 0 radical (unpaired) electrons. The van der Waals surface area contributed by atoms with E-state index in [9.17, 15) is 9.59 Å². The molecule has 1 heterocycles. The molecule has 0 saturated carbocycles. The van der Waals surface area contributed by atoms with Crippen LogP contribution in [0.2, 0.25) is 0 Å². The summed E-state index contributed by atoms with van der Waals surface area (Å²) in [4.78, 5) is 25.3. The molecule has 1 saturated heterocycles. The zero-order valence-corrected chi connectivity index (χ0v) is 21.1. The van der Waals surface area contributed by atoms with Crippen LogP contribution in [0.25, 0.3) is 0 Å². The molecule has 1 aliphatic rings. The zero-order chi connectivity index (χ0) is 26.3. The van der Waals surface area contributed by atoms with Gasteiger partial charge in [-0.05, 0) is 60.4 Å². The van der Waals surface area contributed by atoms with E-state index in [1.54, 1.807) is 24.3 Å². The Bertz CT molecular complexity index is 1330. The summed E-state index contributed by atoms with van der Waals surface area (Å²) in [6.45, 7) is 2.49. The van der Waals surface area contributed by atoms with Crippen LogP contribution in [0.15, 0.2) is 109 Å². The monoisotopic (exact) mass is 507 g/mol. The number of rotatable bonds is 10. The second kappa shape index (κ2) is 11.6. The van der Waals surface area contributed by atoms with E-state index >= 15 is 0 Å². The van der Waals surface area contributed by atoms with E-state index < -0.39 is 18.3 Å². The number of carbonyl (C=O) groups is 2. The number of amides is 1. The standard InChI is InChI=1S/C32H29NO5/c1-2-36-28-16-10-9-15-25(28)21-27-30(34)33-31(27)37-26-19-17-24(18-20-26)32(35)38-29(22-11-5-3-6-12-22)23-13-7-4-8-14-23/h3-20,27,29,31H,2,21H2,1H3,(H,33,34)/t27?,31-/m0/s1. The fraction of sp³-hybridized carbons (Fsp3) is 0.188. The first-order valence-electron chi connectivity index (χ1n) is 12.7. The Morgan fingerprint density at radius 1 is 0.816 bits per heavy atom. The molecule has 0 aromatic heterocycles. The quantitative estimate of drug-likeness (QED) is 0.219. The van der Waals surface area contributed by atoms with Crippen molar-refractivity contribution in [2.45, 2.75) is 25.7 Å². The molecule has 6 nitrogen and oxygen atoms in total. The van der Waals surface area contributed by atoms with Gasteiger partial charge in [-0.25, -0.2) is 4.79 Å². The SMILES string of the molecule is CCOc1ccccc1CC1C(=O)N[C@H]1Oc1ccc(C(=O)OC(c2ccccc2)c2ccccc2)cc1. The molecule has 0 bridgehead atoms. The molecule has 5 rings (SSSR count). The Hall–Kier alpha value is -4.58. The van der Waals surface area contributed by atoms with Crippen molar-refractivity contribution in [1.29, 1.82) is 0 Å². The lowest BCUT2D eigenvalue weighted by molar-refractivity contribution is -0.144. The maximum Gasteiger partial charge on any atom is 0.339 e. The Kier molecular flexibility index (Phi) is 7.69. The van der Waals surface area contributed by atoms with Crippen molar-refractivity contribution in [2.75, 3.05) is 6.61 Å². The molecule has 1 unspecified atom stereocenters. The minimum Gasteiger partial charge on any atom is -0.494 e. The van der Waals surface area contributed by atoms with E-state index in [1.807, 2.05) is 91.9 Å². The third kappa shape index (κ3) is 5.70. The summed E-state index contributed by atoms with van der Waals surface area (Å²) in [5.41, 5.74) is 3.16. The third-order valence-electron chi connectivity index (χ3n) is 6.48. The van der Waals surface area contributed by atoms with Gasteiger partial charge in [0.25, 0.3) is 0 Å². The first-order chi connectivity index (χ1) is 18.6. The van der Waals surface area contributed by atoms with Gasteiger partial charge >= 0.3 is 5.97 Å². The van der Waals surface area contributed by atoms with E-state index in [2.05, 4.69) is 5.32 Å². The van der Waals surface area contributed by atoms with Crippen LogP contribution in [0.3, 0.4) is 0 Å². The average Bonchev–Trinajstić information content (AvgIpc) is 2.96. The summed E-state index contributed by atoms with van der Waals surface area (Å²) < 4.78 is 17.7. The van der Waals surface area contributed by atoms with Gasteiger partial charge in [-0.15, -0.1) is 0 Å². The molecule has 1 aliphatic heterocycles. The highest BCUT2D eigenvalue weighted by atomic mass is 16.5. The van der Waals surface area contributed by atoms with E-state index in [0.29, 0.717) is 24.3 Å². The van der Waals surface area contributed by atoms with Crippen LogP contribution in [0.5, 0.6) is 11.5 Å². The largest absolute Gasteiger partial charge is 0.494 e. The molecule has 1 fully saturated rings. The highest BCUT2D eigenvalue weighted by Gasteiger charge is 2.41. The molecule has 0 aliphatic carbocycles. The summed E-state index contributed by atoms with van der Waals surface area (Å²) in [6, 6.07) is 33.8. The number of nitrogens with one attached hydrogen (secondary N) is 1. The number of ether oxygens (including phenoxy) is 3. The summed E-state index contributed by atoms with van der Waals surface area (Å²) in [7, 11) is 0. The van der Waals surface area contributed by atoms with Crippen molar-refractivity contribution in [3.8, 4) is 11.5 Å². The molecular weight excluding hydrogens is 478 g/mol. The first kappa shape index (κ1) is 25.1. The van der Waals surface area contributed by atoms with Crippen molar-refractivity contribution in [2.24, 2.45) is 5.92 Å². The molecule has 6 heteroatoms. The molecule has 1 amide bonds. The average molecular weight is 508 g/mol. The molecular formula is C32H29NO5. The van der Waals surface area contributed by atoms with Crippen molar-refractivity contribution in [1.82, 2.24) is 5.32 Å². The number of benzene rings is 4. The minimum atomic E-state index is -0.522. The topological polar surface area (TPSA) is 73.9 Å². The van der Waals surface area contributed by atoms with Crippen LogP contribution >= 0.6 is 0 Å². The van der Waals surface area contributed by atoms with E-state index in [0.717, 1.165) is 22.4 Å². The molecule has 38 heavy (non-hydrogen) atoms. The van der Waals surface area contributed by atoms with Crippen molar-refractivity contribution < 1.29 is 23.8 Å². The predicted octanol–water partition coefficient (Wildman–Crippen LogP) is 5.73. The fourth-order valence-electron chi connectivity index (χ4n) is 4.48. The van der Waals surface area contributed by atoms with Gasteiger partial charge in [0.05, 0.1) is 18.1 Å². The Morgan fingerprint density at radius 2 is 1.42 bits per heavy atom. The van der Waals surface area contributed by atoms with Gasteiger partial charge in [0, 0.05) is 0 Å². The van der Waals surface area contributed by atoms with Gasteiger partial charge in [0.2, 0.25) is 5.91 Å². The number of β-lactam (4-membered cyclic amide) rings is 1. The van der Waals surface area contributed by atoms with Crippen molar-refractivity contribution in [3.63, 3.8) is 0 Å². The van der Waals surface area contributed by atoms with Crippen molar-refractivity contribution >= 4 is 11.9 Å². The summed E-state index contributed by atoms with van der Waals surface area (Å²) in [5.74, 6) is 0.502. The first-order valence-corrected chi connectivity index (χ1v) is 12.7. The lowest BCUT2D eigenvalue weighted by atomic mass is 9.90. The van der Waals surface area contributed by atoms with Crippen LogP contribution in [0, 0.1) is 5.92 Å². The van der Waals surface area contributed by atoms with Gasteiger partial charge in [-0.2, -0.15) is 0 Å². The van der Waals surface area contributed by atoms with Crippen LogP contribution in [-0.4, -0.2) is 24.7 Å². The van der Waals surface area contributed by atoms with Crippen LogP contribution in [-0.2, 0) is 16.0 Å². The number of hydrogen-bond donors (Lipinski definition) is 1. The number of hydrogen-bond acceptors (Lipinski definition) is 5. The van der Waals surface area contributed by atoms with E-state index in [1.165, 1.54) is 0 Å². The fourth-order valence-corrected chi connectivity index (χ4v) is 4.48. The Morgan fingerprint density at radius 3 is 2.03 bits per heavy atom. The van der Waals surface area contributed by atoms with Gasteiger partial charge in [0.15, 0.2) is 12.3 Å². The van der Waals surface area contributed by atoms with Gasteiger partial charge in [0.1, 0.15) is 11.5 Å². The Labute approximate surface area is 222 Å². The Balaban J connectivity index is 1.24. The summed E-state index contributed by atoms with van der Waals surface area (Å²) in [5, 5.41) is 2.82. The van der Waals surface area contributed by atoms with Gasteiger partial charge in [-0.1, -0.05) is 78.9 Å². The predicted molar refractivity (Wildman–Crippen MR) is 144 cm³/mol. The molecule has 2 atom stereocenters. The van der Waals surface area contributed by atoms with E-state index in [4.69, 9.17) is 14.2 Å². The third-order valence-corrected chi connectivity index (χ3v) is 6.48. The van der Waals surface area contributed by atoms with Crippen LogP contribution in [0.4, 0.5) is 0 Å². The molecule has 192 valence electrons. The highest BCUT2D eigenvalue weighted by molar-refractivity contribution is 5.90. The minimum absolute atomic E-state index is 0.0608. The smallest absolute Gasteiger partial charge is 0.339 e. The van der Waals surface area contributed by atoms with E-state index in [-0.39, 0.29) is 11.8 Å². The normalized spacial score (nSPS) is 16.3. The van der Waals surface area contributed by atoms with Crippen LogP contribution in [0.1, 0.15) is 40.1 Å². The second-order valence-electron chi connectivity index (χ2n) is 9.03. The summed E-state index contributed by atoms with van der Waals surface area (Å²) >= 11 is 0. The second-order valence-corrected chi connectivity index (χ2v) is 9.03. The zero-order valence-electron chi connectivity index (χ0n) is 21.1. The number of carbonyl (C=O) groups excluding carboxylic acids is 2. The number of para-hydroxylation sites is 1. The van der Waals surface area contributed by atoms with Gasteiger partial charge < -0.3 is 19.5 Å². The van der Waals surface area contributed by atoms with Crippen molar-refractivity contribution in [3.05, 3.63) is 131 Å². The highest BCUT2D eigenvalue weighted by Crippen LogP contribution is 2.30. The van der Waals surface area contributed by atoms with Gasteiger partial charge in [-0.3, -0.25) is 4.79 Å². The van der Waals surface area contributed by atoms with Crippen LogP contribution < -0.4 is 14.8 Å². The molecule has 4 aromatic rings. The summed E-state index contributed by atoms with van der Waals surface area (Å²) in [6.07, 6.45) is -0.473. The lowest BCUT2D eigenvalue weighted by Crippen LogP contribution is -2.61. The lowest BCUT2D eigenvalue weighted by Gasteiger charge is -2.36.